The van der Waals surface area contributed by atoms with Gasteiger partial charge >= 0.3 is 0 Å². The maximum absolute atomic E-state index is 11.9. The number of phenols is 1. The molecule has 2 aromatic rings. The van der Waals surface area contributed by atoms with Crippen LogP contribution in [0.15, 0.2) is 30.6 Å². The van der Waals surface area contributed by atoms with Crippen LogP contribution in [0.3, 0.4) is 0 Å². The average Bonchev–Trinajstić information content (AvgIpc) is 2.84. The molecule has 0 radical (unpaired) electrons. The molecule has 7 nitrogen and oxygen atoms in total. The summed E-state index contributed by atoms with van der Waals surface area (Å²) in [5, 5.41) is 19.5. The van der Waals surface area contributed by atoms with Crippen molar-refractivity contribution in [3.63, 3.8) is 0 Å². The van der Waals surface area contributed by atoms with E-state index in [4.69, 9.17) is 5.73 Å². The van der Waals surface area contributed by atoms with Gasteiger partial charge in [0, 0.05) is 7.05 Å². The highest BCUT2D eigenvalue weighted by molar-refractivity contribution is 5.81. The number of rotatable bonds is 5. The number of aromatic nitrogens is 3. The molecule has 2 rings (SSSR count). The highest BCUT2D eigenvalue weighted by Crippen LogP contribution is 2.10. The number of aryl methyl sites for hydroxylation is 1. The fourth-order valence-electron chi connectivity index (χ4n) is 1.74. The molecule has 0 aliphatic carbocycles. The summed E-state index contributed by atoms with van der Waals surface area (Å²) in [6.07, 6.45) is 1.97. The van der Waals surface area contributed by atoms with E-state index >= 15 is 0 Å². The number of aromatic hydroxyl groups is 1. The van der Waals surface area contributed by atoms with Crippen molar-refractivity contribution >= 4 is 5.91 Å². The Morgan fingerprint density at radius 3 is 2.75 bits per heavy atom. The van der Waals surface area contributed by atoms with Gasteiger partial charge in [0.25, 0.3) is 0 Å². The lowest BCUT2D eigenvalue weighted by Crippen LogP contribution is -2.42. The highest BCUT2D eigenvalue weighted by Gasteiger charge is 2.14. The normalized spacial score (nSPS) is 12.1. The van der Waals surface area contributed by atoms with Crippen LogP contribution in [0, 0.1) is 0 Å². The second kappa shape index (κ2) is 6.16. The monoisotopic (exact) mass is 275 g/mol. The molecular formula is C13H17N5O2. The number of nitrogens with two attached hydrogens (primary N) is 1. The minimum Gasteiger partial charge on any atom is -0.508 e. The lowest BCUT2D eigenvalue weighted by molar-refractivity contribution is -0.122. The Morgan fingerprint density at radius 2 is 2.15 bits per heavy atom. The van der Waals surface area contributed by atoms with Crippen molar-refractivity contribution in [2.75, 3.05) is 0 Å². The molecule has 1 aromatic carbocycles. The Labute approximate surface area is 116 Å². The number of nitrogens with zero attached hydrogens (tertiary/aromatic N) is 3. The number of carbonyl (C=O) groups excluding carboxylic acids is 1. The highest BCUT2D eigenvalue weighted by atomic mass is 16.3. The van der Waals surface area contributed by atoms with Crippen LogP contribution in [0.4, 0.5) is 0 Å². The van der Waals surface area contributed by atoms with Crippen LogP contribution < -0.4 is 11.1 Å². The average molecular weight is 275 g/mol. The van der Waals surface area contributed by atoms with Crippen molar-refractivity contribution in [3.05, 3.63) is 42.0 Å². The number of benzene rings is 1. The minimum atomic E-state index is -0.646. The first-order chi connectivity index (χ1) is 9.56. The topological polar surface area (TPSA) is 106 Å². The summed E-state index contributed by atoms with van der Waals surface area (Å²) in [4.78, 5) is 11.9. The molecule has 0 bridgehead atoms. The van der Waals surface area contributed by atoms with Crippen LogP contribution in [0.25, 0.3) is 0 Å². The maximum atomic E-state index is 11.9. The Morgan fingerprint density at radius 1 is 1.45 bits per heavy atom. The third-order valence-corrected chi connectivity index (χ3v) is 2.95. The number of carbonyl (C=O) groups is 1. The predicted octanol–water partition coefficient (Wildman–Crippen LogP) is -0.293. The van der Waals surface area contributed by atoms with Gasteiger partial charge in [0.05, 0.1) is 12.6 Å². The van der Waals surface area contributed by atoms with E-state index in [1.807, 2.05) is 0 Å². The number of phenolic OH excluding ortho intramolecular Hbond substituents is 1. The molecule has 0 aliphatic heterocycles. The third-order valence-electron chi connectivity index (χ3n) is 2.95. The maximum Gasteiger partial charge on any atom is 0.237 e. The van der Waals surface area contributed by atoms with E-state index in [0.717, 1.165) is 5.56 Å². The van der Waals surface area contributed by atoms with Crippen molar-refractivity contribution in [1.82, 2.24) is 20.1 Å². The van der Waals surface area contributed by atoms with Crippen LogP contribution in [-0.2, 0) is 24.8 Å². The van der Waals surface area contributed by atoms with Crippen molar-refractivity contribution < 1.29 is 9.90 Å². The second-order valence-corrected chi connectivity index (χ2v) is 4.55. The van der Waals surface area contributed by atoms with Gasteiger partial charge in [-0.1, -0.05) is 12.1 Å². The smallest absolute Gasteiger partial charge is 0.237 e. The molecule has 1 atom stereocenters. The zero-order chi connectivity index (χ0) is 14.5. The van der Waals surface area contributed by atoms with Crippen LogP contribution >= 0.6 is 0 Å². The first-order valence-corrected chi connectivity index (χ1v) is 6.20. The largest absolute Gasteiger partial charge is 0.508 e. The van der Waals surface area contributed by atoms with Gasteiger partial charge in [-0.2, -0.15) is 0 Å². The Hall–Kier alpha value is -2.41. The molecule has 1 heterocycles. The lowest BCUT2D eigenvalue weighted by Gasteiger charge is -2.12. The minimum absolute atomic E-state index is 0.189. The summed E-state index contributed by atoms with van der Waals surface area (Å²) in [6.45, 7) is 0.290. The third kappa shape index (κ3) is 3.55. The lowest BCUT2D eigenvalue weighted by atomic mass is 10.1. The van der Waals surface area contributed by atoms with E-state index in [0.29, 0.717) is 18.8 Å². The van der Waals surface area contributed by atoms with E-state index in [1.54, 1.807) is 42.2 Å². The molecule has 0 unspecified atom stereocenters. The van der Waals surface area contributed by atoms with Gasteiger partial charge in [-0.15, -0.1) is 10.2 Å². The standard InChI is InChI=1S/C13H17N5O2/c1-18-8-16-17-12(18)7-15-13(20)11(14)6-9-2-4-10(19)5-3-9/h2-5,8,11,19H,6-7,14H2,1H3,(H,15,20)/t11-/m0/s1. The van der Waals surface area contributed by atoms with Gasteiger partial charge in [-0.25, -0.2) is 0 Å². The molecule has 0 saturated carbocycles. The van der Waals surface area contributed by atoms with Gasteiger partial charge in [0.15, 0.2) is 5.82 Å². The summed E-state index contributed by atoms with van der Waals surface area (Å²) in [5.74, 6) is 0.602. The Bertz CT molecular complexity index is 579. The van der Waals surface area contributed by atoms with Gasteiger partial charge < -0.3 is 20.7 Å². The molecule has 4 N–H and O–H groups in total. The van der Waals surface area contributed by atoms with Crippen molar-refractivity contribution in [3.8, 4) is 5.75 Å². The molecular weight excluding hydrogens is 258 g/mol. The van der Waals surface area contributed by atoms with E-state index in [1.165, 1.54) is 0 Å². The van der Waals surface area contributed by atoms with Crippen LogP contribution in [0.2, 0.25) is 0 Å². The number of hydrogen-bond donors (Lipinski definition) is 3. The molecule has 1 aromatic heterocycles. The molecule has 0 aliphatic rings. The van der Waals surface area contributed by atoms with Crippen molar-refractivity contribution in [1.29, 1.82) is 0 Å². The van der Waals surface area contributed by atoms with Gasteiger partial charge in [-0.3, -0.25) is 4.79 Å². The zero-order valence-electron chi connectivity index (χ0n) is 11.2. The number of amides is 1. The van der Waals surface area contributed by atoms with Crippen LogP contribution in [-0.4, -0.2) is 31.8 Å². The second-order valence-electron chi connectivity index (χ2n) is 4.55. The molecule has 7 heteroatoms. The number of nitrogens with one attached hydrogen (secondary N) is 1. The molecule has 0 spiro atoms. The van der Waals surface area contributed by atoms with Crippen LogP contribution in [0.5, 0.6) is 5.75 Å². The zero-order valence-corrected chi connectivity index (χ0v) is 11.2. The van der Waals surface area contributed by atoms with E-state index in [9.17, 15) is 9.90 Å². The van der Waals surface area contributed by atoms with Crippen molar-refractivity contribution in [2.45, 2.75) is 19.0 Å². The predicted molar refractivity (Wildman–Crippen MR) is 72.6 cm³/mol. The Balaban J connectivity index is 1.86. The summed E-state index contributed by atoms with van der Waals surface area (Å²) in [6, 6.07) is 5.97. The molecule has 106 valence electrons. The quantitative estimate of drug-likeness (QED) is 0.695. The number of hydrogen-bond acceptors (Lipinski definition) is 5. The summed E-state index contributed by atoms with van der Waals surface area (Å²) in [5.41, 5.74) is 6.74. The molecule has 1 amide bonds. The van der Waals surface area contributed by atoms with E-state index < -0.39 is 6.04 Å². The summed E-state index contributed by atoms with van der Waals surface area (Å²) in [7, 11) is 1.80. The Kier molecular flexibility index (Phi) is 4.31. The SMILES string of the molecule is Cn1cnnc1CNC(=O)[C@@H](N)Cc1ccc(O)cc1. The molecule has 0 fully saturated rings. The molecule has 0 saturated heterocycles. The van der Waals surface area contributed by atoms with E-state index in [2.05, 4.69) is 15.5 Å². The summed E-state index contributed by atoms with van der Waals surface area (Å²) >= 11 is 0. The van der Waals surface area contributed by atoms with Gasteiger partial charge in [-0.05, 0) is 24.1 Å². The fraction of sp³-hybridized carbons (Fsp3) is 0.308. The molecule has 20 heavy (non-hydrogen) atoms. The van der Waals surface area contributed by atoms with Gasteiger partial charge in [0.2, 0.25) is 5.91 Å². The summed E-state index contributed by atoms with van der Waals surface area (Å²) < 4.78 is 1.73. The van der Waals surface area contributed by atoms with Crippen molar-refractivity contribution in [2.24, 2.45) is 12.8 Å². The van der Waals surface area contributed by atoms with Gasteiger partial charge in [0.1, 0.15) is 12.1 Å². The first kappa shape index (κ1) is 14.0. The van der Waals surface area contributed by atoms with E-state index in [-0.39, 0.29) is 11.7 Å². The fourth-order valence-corrected chi connectivity index (χ4v) is 1.74. The first-order valence-electron chi connectivity index (χ1n) is 6.20. The van der Waals surface area contributed by atoms with Crippen LogP contribution in [0.1, 0.15) is 11.4 Å².